The second-order valence-electron chi connectivity index (χ2n) is 10.7. The van der Waals surface area contributed by atoms with Crippen molar-refractivity contribution in [2.24, 2.45) is 5.92 Å². The molecule has 9 heteroatoms. The number of nitrogens with one attached hydrogen (secondary N) is 1. The van der Waals surface area contributed by atoms with E-state index in [4.69, 9.17) is 4.74 Å². The summed E-state index contributed by atoms with van der Waals surface area (Å²) in [4.78, 5) is 17.0. The predicted octanol–water partition coefficient (Wildman–Crippen LogP) is 3.17. The van der Waals surface area contributed by atoms with Crippen LogP contribution in [0.1, 0.15) is 25.8 Å². The number of rotatable bonds is 9. The van der Waals surface area contributed by atoms with Crippen molar-refractivity contribution >= 4 is 15.9 Å². The summed E-state index contributed by atoms with van der Waals surface area (Å²) in [5.41, 5.74) is 3.34. The van der Waals surface area contributed by atoms with E-state index in [-0.39, 0.29) is 28.8 Å². The summed E-state index contributed by atoms with van der Waals surface area (Å²) in [6.07, 6.45) is 3.62. The normalized spacial score (nSPS) is 19.5. The lowest BCUT2D eigenvalue weighted by atomic mass is 10.0. The maximum Gasteiger partial charge on any atom is 0.263 e. The standard InChI is InChI=1S/C29H40N4O4S/c1-29(2,22-37-4)32-19-17-31(18-20-32)21-23-5-7-24(8-6-23)25-9-11-27(12-10-25)38(35,36)33-15-13-26(14-16-33)28(34)30-3/h5-13,15,26H,14,16-22H2,1-4H3,(H,30,34). The van der Waals surface area contributed by atoms with E-state index < -0.39 is 10.0 Å². The van der Waals surface area contributed by atoms with Gasteiger partial charge in [-0.15, -0.1) is 0 Å². The van der Waals surface area contributed by atoms with Crippen LogP contribution in [-0.2, 0) is 26.1 Å². The van der Waals surface area contributed by atoms with Crippen molar-refractivity contribution < 1.29 is 17.9 Å². The zero-order valence-corrected chi connectivity index (χ0v) is 23.7. The molecule has 1 amide bonds. The van der Waals surface area contributed by atoms with E-state index >= 15 is 0 Å². The third-order valence-corrected chi connectivity index (χ3v) is 9.40. The molecule has 0 spiro atoms. The third-order valence-electron chi connectivity index (χ3n) is 7.61. The average Bonchev–Trinajstić information content (AvgIpc) is 2.93. The van der Waals surface area contributed by atoms with Crippen molar-refractivity contribution in [3.63, 3.8) is 0 Å². The minimum absolute atomic E-state index is 0.0533. The maximum atomic E-state index is 13.1. The van der Waals surface area contributed by atoms with Crippen LogP contribution >= 0.6 is 0 Å². The van der Waals surface area contributed by atoms with Gasteiger partial charge in [0.25, 0.3) is 10.0 Å². The van der Waals surface area contributed by atoms with Crippen LogP contribution in [0.25, 0.3) is 11.1 Å². The Kier molecular flexibility index (Phi) is 8.92. The van der Waals surface area contributed by atoms with Gasteiger partial charge in [-0.2, -0.15) is 0 Å². The fourth-order valence-corrected chi connectivity index (χ4v) is 6.54. The molecule has 4 rings (SSSR count). The first-order valence-corrected chi connectivity index (χ1v) is 14.7. The average molecular weight is 541 g/mol. The molecule has 0 bridgehead atoms. The van der Waals surface area contributed by atoms with Crippen molar-refractivity contribution in [3.8, 4) is 11.1 Å². The molecule has 206 valence electrons. The topological polar surface area (TPSA) is 82.2 Å². The number of methoxy groups -OCH3 is 1. The number of benzene rings is 2. The number of sulfonamides is 1. The van der Waals surface area contributed by atoms with Gasteiger partial charge < -0.3 is 10.1 Å². The summed E-state index contributed by atoms with van der Waals surface area (Å²) in [7, 11) is -0.312. The van der Waals surface area contributed by atoms with E-state index in [1.165, 1.54) is 16.1 Å². The number of carbonyl (C=O) groups excluding carboxylic acids is 1. The molecule has 1 fully saturated rings. The van der Waals surface area contributed by atoms with Crippen LogP contribution in [0.4, 0.5) is 0 Å². The van der Waals surface area contributed by atoms with Crippen LogP contribution in [0.3, 0.4) is 0 Å². The number of ether oxygens (including phenoxy) is 1. The van der Waals surface area contributed by atoms with Gasteiger partial charge >= 0.3 is 0 Å². The number of piperazine rings is 1. The minimum atomic E-state index is -3.66. The van der Waals surface area contributed by atoms with Gasteiger partial charge in [0.05, 0.1) is 17.4 Å². The molecule has 2 aliphatic rings. The summed E-state index contributed by atoms with van der Waals surface area (Å²) >= 11 is 0. The van der Waals surface area contributed by atoms with Crippen molar-refractivity contribution in [1.29, 1.82) is 0 Å². The Bertz CT molecular complexity index is 1220. The molecule has 8 nitrogen and oxygen atoms in total. The molecular formula is C29H40N4O4S. The minimum Gasteiger partial charge on any atom is -0.383 e. The molecule has 2 heterocycles. The molecule has 38 heavy (non-hydrogen) atoms. The summed E-state index contributed by atoms with van der Waals surface area (Å²) in [5.74, 6) is -0.396. The number of nitrogens with zero attached hydrogens (tertiary/aromatic N) is 3. The number of amides is 1. The molecule has 2 aromatic carbocycles. The van der Waals surface area contributed by atoms with Gasteiger partial charge in [-0.05, 0) is 49.1 Å². The van der Waals surface area contributed by atoms with E-state index in [1.807, 2.05) is 12.1 Å². The van der Waals surface area contributed by atoms with Crippen LogP contribution < -0.4 is 5.32 Å². The van der Waals surface area contributed by atoms with Gasteiger partial charge in [-0.1, -0.05) is 42.5 Å². The first-order chi connectivity index (χ1) is 18.1. The highest BCUT2D eigenvalue weighted by Gasteiger charge is 2.30. The highest BCUT2D eigenvalue weighted by molar-refractivity contribution is 7.89. The molecule has 1 unspecified atom stereocenters. The quantitative estimate of drug-likeness (QED) is 0.526. The fourth-order valence-electron chi connectivity index (χ4n) is 5.21. The number of hydrogen-bond donors (Lipinski definition) is 1. The zero-order chi connectivity index (χ0) is 27.3. The first kappa shape index (κ1) is 28.3. The SMILES string of the molecule is CNC(=O)C1C=CN(S(=O)(=O)c2ccc(-c3ccc(CN4CCN(C(C)(C)COC)CC4)cc3)cc2)CC1. The molecule has 0 radical (unpaired) electrons. The second kappa shape index (κ2) is 12.0. The van der Waals surface area contributed by atoms with Crippen molar-refractivity contribution in [2.75, 3.05) is 53.5 Å². The summed E-state index contributed by atoms with van der Waals surface area (Å²) in [5, 5.41) is 2.61. The number of hydrogen-bond acceptors (Lipinski definition) is 6. The Morgan fingerprint density at radius 1 is 0.974 bits per heavy atom. The molecular weight excluding hydrogens is 500 g/mol. The van der Waals surface area contributed by atoms with Crippen molar-refractivity contribution in [2.45, 2.75) is 37.2 Å². The lowest BCUT2D eigenvalue weighted by Gasteiger charge is -2.43. The van der Waals surface area contributed by atoms with Crippen LogP contribution in [0.15, 0.2) is 65.7 Å². The Hall–Kier alpha value is -2.72. The largest absolute Gasteiger partial charge is 0.383 e. The van der Waals surface area contributed by atoms with Gasteiger partial charge in [0.2, 0.25) is 5.91 Å². The van der Waals surface area contributed by atoms with Crippen LogP contribution in [0.5, 0.6) is 0 Å². The van der Waals surface area contributed by atoms with Gasteiger partial charge in [0, 0.05) is 65.2 Å². The van der Waals surface area contributed by atoms with Gasteiger partial charge in [0.1, 0.15) is 0 Å². The molecule has 0 aliphatic carbocycles. The van der Waals surface area contributed by atoms with Crippen LogP contribution in [0, 0.1) is 5.92 Å². The molecule has 0 saturated carbocycles. The monoisotopic (exact) mass is 540 g/mol. The highest BCUT2D eigenvalue weighted by atomic mass is 32.2. The second-order valence-corrected chi connectivity index (χ2v) is 12.6. The van der Waals surface area contributed by atoms with Gasteiger partial charge in [0.15, 0.2) is 0 Å². The lowest BCUT2D eigenvalue weighted by molar-refractivity contribution is -0.123. The van der Waals surface area contributed by atoms with E-state index in [0.717, 1.165) is 50.5 Å². The molecule has 2 aromatic rings. The molecule has 1 N–H and O–H groups in total. The van der Waals surface area contributed by atoms with Crippen molar-refractivity contribution in [3.05, 3.63) is 66.4 Å². The molecule has 0 aromatic heterocycles. The van der Waals surface area contributed by atoms with Crippen LogP contribution in [-0.4, -0.2) is 87.5 Å². The Labute approximate surface area is 227 Å². The molecule has 2 aliphatic heterocycles. The molecule has 1 atom stereocenters. The predicted molar refractivity (Wildman–Crippen MR) is 150 cm³/mol. The van der Waals surface area contributed by atoms with E-state index in [0.29, 0.717) is 6.42 Å². The number of carbonyl (C=O) groups is 1. The third kappa shape index (κ3) is 6.46. The van der Waals surface area contributed by atoms with Gasteiger partial charge in [-0.3, -0.25) is 18.9 Å². The van der Waals surface area contributed by atoms with E-state index in [1.54, 1.807) is 32.4 Å². The maximum absolute atomic E-state index is 13.1. The Balaban J connectivity index is 1.34. The van der Waals surface area contributed by atoms with Crippen LogP contribution in [0.2, 0.25) is 0 Å². The summed E-state index contributed by atoms with van der Waals surface area (Å²) in [6, 6.07) is 15.5. The summed E-state index contributed by atoms with van der Waals surface area (Å²) < 4.78 is 32.9. The van der Waals surface area contributed by atoms with Gasteiger partial charge in [-0.25, -0.2) is 8.42 Å². The highest BCUT2D eigenvalue weighted by Crippen LogP contribution is 2.26. The Morgan fingerprint density at radius 3 is 2.11 bits per heavy atom. The van der Waals surface area contributed by atoms with E-state index in [2.05, 4.69) is 53.2 Å². The van der Waals surface area contributed by atoms with E-state index in [9.17, 15) is 13.2 Å². The first-order valence-electron chi connectivity index (χ1n) is 13.2. The van der Waals surface area contributed by atoms with Crippen molar-refractivity contribution in [1.82, 2.24) is 19.4 Å². The summed E-state index contributed by atoms with van der Waals surface area (Å²) in [6.45, 7) is 10.5. The Morgan fingerprint density at radius 2 is 1.58 bits per heavy atom. The molecule has 1 saturated heterocycles. The zero-order valence-electron chi connectivity index (χ0n) is 22.9. The smallest absolute Gasteiger partial charge is 0.263 e. The lowest BCUT2D eigenvalue weighted by Crippen LogP contribution is -2.56. The fraction of sp³-hybridized carbons (Fsp3) is 0.483.